The molecule has 3 nitrogen and oxygen atoms in total. The third-order valence-corrected chi connectivity index (χ3v) is 1.35. The molecule has 3 heteroatoms. The molecular weight excluding hydrogens is 104 g/mol. The molecule has 1 heterocycles. The molecule has 0 bridgehead atoms. The first-order chi connectivity index (χ1) is 3.79. The highest BCUT2D eigenvalue weighted by Crippen LogP contribution is 1.96. The highest BCUT2D eigenvalue weighted by atomic mass is 16.1. The predicted molar refractivity (Wildman–Crippen MR) is 28.9 cm³/mol. The van der Waals surface area contributed by atoms with Crippen LogP contribution in [0.4, 0.5) is 0 Å². The maximum Gasteiger partial charge on any atom is 0.225 e. The number of rotatable bonds is 0. The molecule has 0 aromatic heterocycles. The third-order valence-electron chi connectivity index (χ3n) is 1.35. The fraction of sp³-hybridized carbons (Fsp3) is 0.800. The maximum absolute atomic E-state index is 10.5. The van der Waals surface area contributed by atoms with Crippen molar-refractivity contribution in [1.82, 2.24) is 5.32 Å². The van der Waals surface area contributed by atoms with E-state index in [-0.39, 0.29) is 5.91 Å². The minimum absolute atomic E-state index is 0.149. The van der Waals surface area contributed by atoms with Crippen LogP contribution in [-0.4, -0.2) is 18.5 Å². The van der Waals surface area contributed by atoms with Crippen LogP contribution >= 0.6 is 0 Å². The molecule has 4 N–H and O–H groups in total. The molecule has 1 amide bonds. The highest BCUT2D eigenvalue weighted by Gasteiger charge is 2.16. The second-order valence-electron chi connectivity index (χ2n) is 2.21. The average molecular weight is 115 g/mol. The van der Waals surface area contributed by atoms with Gasteiger partial charge in [0.15, 0.2) is 0 Å². The third kappa shape index (κ3) is 1.20. The summed E-state index contributed by atoms with van der Waals surface area (Å²) in [4.78, 5) is 10.5. The minimum Gasteiger partial charge on any atom is -0.356 e. The van der Waals surface area contributed by atoms with E-state index in [2.05, 4.69) is 11.1 Å². The Bertz CT molecular complexity index is 103. The van der Waals surface area contributed by atoms with Gasteiger partial charge in [-0.25, -0.2) is 0 Å². The van der Waals surface area contributed by atoms with E-state index >= 15 is 0 Å². The van der Waals surface area contributed by atoms with Gasteiger partial charge in [0, 0.05) is 13.0 Å². The number of amides is 1. The van der Waals surface area contributed by atoms with E-state index in [1.807, 2.05) is 0 Å². The van der Waals surface area contributed by atoms with Crippen LogP contribution in [0.1, 0.15) is 12.8 Å². The Hall–Kier alpha value is -0.570. The van der Waals surface area contributed by atoms with Crippen molar-refractivity contribution in [3.05, 3.63) is 0 Å². The Balaban J connectivity index is 2.34. The van der Waals surface area contributed by atoms with Gasteiger partial charge < -0.3 is 11.1 Å². The zero-order valence-corrected chi connectivity index (χ0v) is 4.81. The van der Waals surface area contributed by atoms with Gasteiger partial charge in [-0.15, -0.1) is 0 Å². The summed E-state index contributed by atoms with van der Waals surface area (Å²) in [6, 6.07) is 0.351. The van der Waals surface area contributed by atoms with Crippen LogP contribution in [0.15, 0.2) is 0 Å². The van der Waals surface area contributed by atoms with E-state index < -0.39 is 0 Å². The van der Waals surface area contributed by atoms with Crippen molar-refractivity contribution < 1.29 is 10.5 Å². The van der Waals surface area contributed by atoms with Gasteiger partial charge in [0.2, 0.25) is 5.91 Å². The van der Waals surface area contributed by atoms with Crippen molar-refractivity contribution in [3.63, 3.8) is 0 Å². The summed E-state index contributed by atoms with van der Waals surface area (Å²) in [5, 5.41) is 2.73. The van der Waals surface area contributed by atoms with Crippen LogP contribution in [0.3, 0.4) is 0 Å². The number of nitrogens with one attached hydrogen (secondary N) is 1. The van der Waals surface area contributed by atoms with Crippen LogP contribution in [0.25, 0.3) is 0 Å². The zero-order valence-electron chi connectivity index (χ0n) is 4.81. The quantitative estimate of drug-likeness (QED) is 0.397. The highest BCUT2D eigenvalue weighted by molar-refractivity contribution is 5.77. The van der Waals surface area contributed by atoms with Gasteiger partial charge in [-0.2, -0.15) is 0 Å². The Morgan fingerprint density at radius 1 is 1.75 bits per heavy atom. The Kier molecular flexibility index (Phi) is 1.48. The summed E-state index contributed by atoms with van der Waals surface area (Å²) < 4.78 is 0. The molecule has 1 saturated heterocycles. The van der Waals surface area contributed by atoms with Gasteiger partial charge >= 0.3 is 0 Å². The summed E-state index contributed by atoms with van der Waals surface area (Å²) >= 11 is 0. The van der Waals surface area contributed by atoms with E-state index in [0.29, 0.717) is 12.5 Å². The molecule has 46 valence electrons. The average Bonchev–Trinajstić information content (AvgIpc) is 1.64. The Labute approximate surface area is 48.2 Å². The zero-order chi connectivity index (χ0) is 5.98. The predicted octanol–water partition coefficient (Wildman–Crippen LogP) is -1.49. The van der Waals surface area contributed by atoms with Gasteiger partial charge in [0.05, 0.1) is 12.5 Å². The topological polar surface area (TPSA) is 56.7 Å². The molecule has 1 atom stereocenters. The first kappa shape index (κ1) is 5.56. The van der Waals surface area contributed by atoms with Gasteiger partial charge in [-0.1, -0.05) is 0 Å². The summed E-state index contributed by atoms with van der Waals surface area (Å²) in [5.74, 6) is 0.149. The van der Waals surface area contributed by atoms with Gasteiger partial charge in [-0.05, 0) is 0 Å². The van der Waals surface area contributed by atoms with Gasteiger partial charge in [0.1, 0.15) is 0 Å². The van der Waals surface area contributed by atoms with Crippen molar-refractivity contribution in [2.45, 2.75) is 18.9 Å². The minimum atomic E-state index is 0.149. The van der Waals surface area contributed by atoms with E-state index in [1.165, 1.54) is 0 Å². The summed E-state index contributed by atoms with van der Waals surface area (Å²) in [6.07, 6.45) is 1.64. The van der Waals surface area contributed by atoms with Gasteiger partial charge in [-0.3, -0.25) is 4.79 Å². The van der Waals surface area contributed by atoms with Crippen LogP contribution < -0.4 is 11.1 Å². The summed E-state index contributed by atoms with van der Waals surface area (Å²) in [5.41, 5.74) is 3.79. The molecule has 0 unspecified atom stereocenters. The van der Waals surface area contributed by atoms with E-state index in [9.17, 15) is 4.79 Å². The van der Waals surface area contributed by atoms with Crippen LogP contribution in [-0.2, 0) is 4.79 Å². The van der Waals surface area contributed by atoms with Crippen LogP contribution in [0, 0.1) is 0 Å². The largest absolute Gasteiger partial charge is 0.356 e. The second kappa shape index (κ2) is 2.13. The molecule has 1 rings (SSSR count). The van der Waals surface area contributed by atoms with Crippen molar-refractivity contribution in [2.75, 3.05) is 6.54 Å². The van der Waals surface area contributed by atoms with E-state index in [4.69, 9.17) is 0 Å². The molecule has 0 radical (unpaired) electrons. The lowest BCUT2D eigenvalue weighted by atomic mass is 10.1. The van der Waals surface area contributed by atoms with E-state index in [0.717, 1.165) is 13.0 Å². The molecule has 0 aliphatic carbocycles. The standard InChI is InChI=1S/C5H10N2O/c6-4-1-2-7-5(8)3-4/h4H,1-3,6H2,(H,7,8)/p+1/t4-/m1/s1. The van der Waals surface area contributed by atoms with Crippen molar-refractivity contribution in [1.29, 1.82) is 0 Å². The monoisotopic (exact) mass is 115 g/mol. The molecule has 1 aliphatic rings. The molecule has 1 aliphatic heterocycles. The molecule has 0 saturated carbocycles. The number of hydrogen-bond acceptors (Lipinski definition) is 1. The lowest BCUT2D eigenvalue weighted by Gasteiger charge is -2.14. The fourth-order valence-corrected chi connectivity index (χ4v) is 0.852. The maximum atomic E-state index is 10.5. The summed E-state index contributed by atoms with van der Waals surface area (Å²) in [6.45, 7) is 0.812. The van der Waals surface area contributed by atoms with Crippen LogP contribution in [0.2, 0.25) is 0 Å². The SMILES string of the molecule is [NH3+][C@@H]1CCNC(=O)C1. The molecular formula is C5H11N2O+. The molecule has 0 spiro atoms. The van der Waals surface area contributed by atoms with Crippen molar-refractivity contribution >= 4 is 5.91 Å². The number of carbonyl (C=O) groups is 1. The molecule has 1 fully saturated rings. The number of quaternary nitrogens is 1. The van der Waals surface area contributed by atoms with Crippen molar-refractivity contribution in [3.8, 4) is 0 Å². The van der Waals surface area contributed by atoms with Crippen molar-refractivity contribution in [2.24, 2.45) is 0 Å². The number of hydrogen-bond donors (Lipinski definition) is 2. The normalized spacial score (nSPS) is 29.6. The number of carbonyl (C=O) groups excluding carboxylic acids is 1. The Morgan fingerprint density at radius 2 is 2.50 bits per heavy atom. The summed E-state index contributed by atoms with van der Waals surface area (Å²) in [7, 11) is 0. The van der Waals surface area contributed by atoms with Crippen LogP contribution in [0.5, 0.6) is 0 Å². The first-order valence-electron chi connectivity index (χ1n) is 2.89. The first-order valence-corrected chi connectivity index (χ1v) is 2.89. The second-order valence-corrected chi connectivity index (χ2v) is 2.21. The lowest BCUT2D eigenvalue weighted by molar-refractivity contribution is -0.420. The van der Waals surface area contributed by atoms with E-state index in [1.54, 1.807) is 0 Å². The smallest absolute Gasteiger partial charge is 0.225 e. The molecule has 0 aromatic carbocycles. The Morgan fingerprint density at radius 3 is 2.88 bits per heavy atom. The van der Waals surface area contributed by atoms with Gasteiger partial charge in [0.25, 0.3) is 0 Å². The lowest BCUT2D eigenvalue weighted by Crippen LogP contribution is -2.64. The number of piperidine rings is 1. The molecule has 8 heavy (non-hydrogen) atoms. The molecule has 0 aromatic rings. The fourth-order valence-electron chi connectivity index (χ4n) is 0.852.